The van der Waals surface area contributed by atoms with Gasteiger partial charge in [0.2, 0.25) is 5.95 Å². The lowest BCUT2D eigenvalue weighted by Gasteiger charge is -2.22. The van der Waals surface area contributed by atoms with E-state index in [-0.39, 0.29) is 11.8 Å². The van der Waals surface area contributed by atoms with Crippen molar-refractivity contribution in [3.05, 3.63) is 11.8 Å². The maximum Gasteiger partial charge on any atom is 0.433 e. The molecule has 1 aromatic heterocycles. The van der Waals surface area contributed by atoms with Crippen LogP contribution in [0.5, 0.6) is 0 Å². The first kappa shape index (κ1) is 14.4. The summed E-state index contributed by atoms with van der Waals surface area (Å²) < 4.78 is 38.3. The van der Waals surface area contributed by atoms with Gasteiger partial charge in [-0.1, -0.05) is 6.42 Å². The quantitative estimate of drug-likeness (QED) is 0.589. The molecule has 0 radical (unpaired) electrons. The van der Waals surface area contributed by atoms with Crippen molar-refractivity contribution in [3.8, 4) is 0 Å². The van der Waals surface area contributed by atoms with E-state index in [0.29, 0.717) is 18.4 Å². The number of hydrazine groups is 1. The molecule has 3 unspecified atom stereocenters. The third-order valence-corrected chi connectivity index (χ3v) is 4.58. The summed E-state index contributed by atoms with van der Waals surface area (Å²) in [5.41, 5.74) is 1.07. The van der Waals surface area contributed by atoms with Gasteiger partial charge in [0.15, 0.2) is 5.69 Å². The molecule has 2 aliphatic rings. The highest BCUT2D eigenvalue weighted by atomic mass is 19.4. The summed E-state index contributed by atoms with van der Waals surface area (Å²) >= 11 is 0. The highest BCUT2D eigenvalue weighted by molar-refractivity contribution is 5.42. The van der Waals surface area contributed by atoms with Crippen molar-refractivity contribution in [2.75, 3.05) is 17.3 Å². The van der Waals surface area contributed by atoms with Gasteiger partial charge in [-0.05, 0) is 37.0 Å². The smallest absolute Gasteiger partial charge is 0.370 e. The molecule has 8 heteroatoms. The zero-order valence-corrected chi connectivity index (χ0v) is 11.5. The molecule has 1 heterocycles. The normalized spacial score (nSPS) is 27.9. The fourth-order valence-corrected chi connectivity index (χ4v) is 3.61. The molecule has 0 spiro atoms. The largest absolute Gasteiger partial charge is 0.433 e. The van der Waals surface area contributed by atoms with Gasteiger partial charge in [-0.25, -0.2) is 10.8 Å². The molecule has 4 N–H and O–H groups in total. The Bertz CT molecular complexity index is 519. The first-order valence-electron chi connectivity index (χ1n) is 7.12. The lowest BCUT2D eigenvalue weighted by atomic mass is 9.89. The highest BCUT2D eigenvalue weighted by Gasteiger charge is 2.39. The molecular weight excluding hydrogens is 283 g/mol. The fraction of sp³-hybridized carbons (Fsp3) is 0.692. The van der Waals surface area contributed by atoms with Crippen LogP contribution in [0.15, 0.2) is 6.07 Å². The van der Waals surface area contributed by atoms with Crippen molar-refractivity contribution in [1.82, 2.24) is 9.97 Å². The van der Waals surface area contributed by atoms with E-state index >= 15 is 0 Å². The Morgan fingerprint density at radius 1 is 1.24 bits per heavy atom. The van der Waals surface area contributed by atoms with Gasteiger partial charge >= 0.3 is 6.18 Å². The number of hydrogen-bond acceptors (Lipinski definition) is 5. The molecule has 21 heavy (non-hydrogen) atoms. The van der Waals surface area contributed by atoms with E-state index < -0.39 is 11.9 Å². The van der Waals surface area contributed by atoms with E-state index in [1.54, 1.807) is 0 Å². The van der Waals surface area contributed by atoms with Gasteiger partial charge < -0.3 is 5.32 Å². The van der Waals surface area contributed by atoms with E-state index in [2.05, 4.69) is 20.7 Å². The van der Waals surface area contributed by atoms with Gasteiger partial charge in [-0.15, -0.1) is 0 Å². The average molecular weight is 301 g/mol. The van der Waals surface area contributed by atoms with Crippen molar-refractivity contribution in [1.29, 1.82) is 0 Å². The molecule has 2 fully saturated rings. The molecule has 2 saturated carbocycles. The minimum atomic E-state index is -4.52. The predicted octanol–water partition coefficient (Wildman–Crippen LogP) is 2.63. The van der Waals surface area contributed by atoms with E-state index in [0.717, 1.165) is 18.4 Å². The van der Waals surface area contributed by atoms with Crippen LogP contribution in [0.25, 0.3) is 0 Å². The Morgan fingerprint density at radius 2 is 2.05 bits per heavy atom. The monoisotopic (exact) mass is 301 g/mol. The zero-order valence-electron chi connectivity index (χ0n) is 11.5. The second-order valence-corrected chi connectivity index (χ2v) is 5.92. The molecule has 1 aromatic rings. The van der Waals surface area contributed by atoms with Crippen LogP contribution < -0.4 is 16.6 Å². The fourth-order valence-electron chi connectivity index (χ4n) is 3.61. The number of nitrogens with two attached hydrogens (primary N) is 1. The molecule has 5 nitrogen and oxygen atoms in total. The SMILES string of the molecule is NNc1nc(NCC2CC3CCC2C3)cc(C(F)(F)F)n1. The highest BCUT2D eigenvalue weighted by Crippen LogP contribution is 2.48. The van der Waals surface area contributed by atoms with Gasteiger partial charge in [0.05, 0.1) is 0 Å². The maximum atomic E-state index is 12.8. The third-order valence-electron chi connectivity index (χ3n) is 4.58. The third kappa shape index (κ3) is 3.04. The van der Waals surface area contributed by atoms with Gasteiger partial charge in [0, 0.05) is 12.6 Å². The summed E-state index contributed by atoms with van der Waals surface area (Å²) in [6.45, 7) is 0.652. The van der Waals surface area contributed by atoms with Gasteiger partial charge in [-0.2, -0.15) is 18.2 Å². The van der Waals surface area contributed by atoms with Crippen molar-refractivity contribution >= 4 is 11.8 Å². The second-order valence-electron chi connectivity index (χ2n) is 5.92. The van der Waals surface area contributed by atoms with Crippen molar-refractivity contribution in [3.63, 3.8) is 0 Å². The van der Waals surface area contributed by atoms with Crippen molar-refractivity contribution in [2.45, 2.75) is 31.9 Å². The minimum absolute atomic E-state index is 0.160. The minimum Gasteiger partial charge on any atom is -0.370 e. The summed E-state index contributed by atoms with van der Waals surface area (Å²) in [4.78, 5) is 7.26. The van der Waals surface area contributed by atoms with Gasteiger partial charge in [0.25, 0.3) is 0 Å². The molecule has 0 aliphatic heterocycles. The summed E-state index contributed by atoms with van der Waals surface area (Å²) in [6.07, 6.45) is 0.451. The summed E-state index contributed by atoms with van der Waals surface area (Å²) in [5, 5.41) is 3.01. The summed E-state index contributed by atoms with van der Waals surface area (Å²) in [6, 6.07) is 0.925. The van der Waals surface area contributed by atoms with Crippen LogP contribution in [0.1, 0.15) is 31.4 Å². The van der Waals surface area contributed by atoms with Crippen LogP contribution in [0.3, 0.4) is 0 Å². The van der Waals surface area contributed by atoms with Crippen LogP contribution in [0.2, 0.25) is 0 Å². The lowest BCUT2D eigenvalue weighted by molar-refractivity contribution is -0.141. The van der Waals surface area contributed by atoms with Crippen LogP contribution >= 0.6 is 0 Å². The number of nitrogens with one attached hydrogen (secondary N) is 2. The number of alkyl halides is 3. The number of halogens is 3. The number of nitrogens with zero attached hydrogens (tertiary/aromatic N) is 2. The first-order valence-corrected chi connectivity index (χ1v) is 7.12. The Morgan fingerprint density at radius 3 is 2.62 bits per heavy atom. The Labute approximate surface area is 120 Å². The first-order chi connectivity index (χ1) is 9.95. The predicted molar refractivity (Wildman–Crippen MR) is 72.3 cm³/mol. The molecule has 0 amide bonds. The summed E-state index contributed by atoms with van der Waals surface area (Å²) in [7, 11) is 0. The van der Waals surface area contributed by atoms with Crippen LogP contribution in [0, 0.1) is 17.8 Å². The van der Waals surface area contributed by atoms with E-state index in [4.69, 9.17) is 5.84 Å². The zero-order chi connectivity index (χ0) is 15.0. The number of rotatable bonds is 4. The topological polar surface area (TPSA) is 75.9 Å². The standard InChI is InChI=1S/C13H18F3N5/c14-13(15,16)10-5-11(20-12(19-10)21-17)18-6-9-4-7-1-2-8(9)3-7/h5,7-9H,1-4,6,17H2,(H2,18,19,20,21). The molecule has 116 valence electrons. The molecule has 3 rings (SSSR count). The van der Waals surface area contributed by atoms with Crippen LogP contribution in [-0.2, 0) is 6.18 Å². The van der Waals surface area contributed by atoms with Crippen molar-refractivity contribution < 1.29 is 13.2 Å². The molecular formula is C13H18F3N5. The molecule has 3 atom stereocenters. The maximum absolute atomic E-state index is 12.8. The number of fused-ring (bicyclic) bond motifs is 2. The molecule has 2 bridgehead atoms. The number of aromatic nitrogens is 2. The van der Waals surface area contributed by atoms with Crippen molar-refractivity contribution in [2.24, 2.45) is 23.6 Å². The van der Waals surface area contributed by atoms with E-state index in [9.17, 15) is 13.2 Å². The molecule has 0 saturated heterocycles. The Balaban J connectivity index is 1.69. The number of anilines is 2. The van der Waals surface area contributed by atoms with Crippen LogP contribution in [0.4, 0.5) is 24.9 Å². The molecule has 0 aromatic carbocycles. The average Bonchev–Trinajstić information content (AvgIpc) is 3.06. The Kier molecular flexibility index (Phi) is 3.64. The van der Waals surface area contributed by atoms with Gasteiger partial charge in [0.1, 0.15) is 5.82 Å². The second kappa shape index (κ2) is 5.32. The van der Waals surface area contributed by atoms with E-state index in [1.807, 2.05) is 0 Å². The van der Waals surface area contributed by atoms with Gasteiger partial charge in [-0.3, -0.25) is 5.43 Å². The lowest BCUT2D eigenvalue weighted by Crippen LogP contribution is -2.22. The Hall–Kier alpha value is -1.57. The number of hydrogen-bond donors (Lipinski definition) is 3. The van der Waals surface area contributed by atoms with Crippen LogP contribution in [-0.4, -0.2) is 16.5 Å². The van der Waals surface area contributed by atoms with E-state index in [1.165, 1.54) is 19.3 Å². The number of nitrogen functional groups attached to an aromatic ring is 1. The molecule has 2 aliphatic carbocycles. The summed E-state index contributed by atoms with van der Waals surface area (Å²) in [5.74, 6) is 7.09.